The summed E-state index contributed by atoms with van der Waals surface area (Å²) in [5.74, 6) is 0.898. The Morgan fingerprint density at radius 2 is 1.82 bits per heavy atom. The molecule has 2 aromatic rings. The Hall–Kier alpha value is -1.80. The van der Waals surface area contributed by atoms with E-state index in [1.165, 1.54) is 11.1 Å². The molecule has 17 heavy (non-hydrogen) atoms. The van der Waals surface area contributed by atoms with Gasteiger partial charge in [0.15, 0.2) is 0 Å². The van der Waals surface area contributed by atoms with Gasteiger partial charge in [0.1, 0.15) is 12.4 Å². The standard InChI is InChI=1S/C15H17NO/c1-12-9-13(10-16)7-8-14(12)11-17-15-5-3-2-4-6-15/h2-9H,10-11,16H2,1H3. The van der Waals surface area contributed by atoms with Crippen molar-refractivity contribution in [2.75, 3.05) is 0 Å². The highest BCUT2D eigenvalue weighted by molar-refractivity contribution is 5.31. The molecule has 2 aromatic carbocycles. The van der Waals surface area contributed by atoms with E-state index >= 15 is 0 Å². The molecule has 0 fully saturated rings. The Balaban J connectivity index is 2.04. The van der Waals surface area contributed by atoms with Crippen LogP contribution in [0.3, 0.4) is 0 Å². The molecule has 0 aliphatic rings. The lowest BCUT2D eigenvalue weighted by Crippen LogP contribution is -2.01. The van der Waals surface area contributed by atoms with Crippen molar-refractivity contribution in [1.29, 1.82) is 0 Å². The summed E-state index contributed by atoms with van der Waals surface area (Å²) < 4.78 is 5.72. The lowest BCUT2D eigenvalue weighted by atomic mass is 10.1. The lowest BCUT2D eigenvalue weighted by Gasteiger charge is -2.09. The van der Waals surface area contributed by atoms with Crippen molar-refractivity contribution in [1.82, 2.24) is 0 Å². The third-order valence-corrected chi connectivity index (χ3v) is 2.78. The van der Waals surface area contributed by atoms with Gasteiger partial charge in [0.25, 0.3) is 0 Å². The zero-order valence-corrected chi connectivity index (χ0v) is 10.0. The minimum atomic E-state index is 0.584. The second-order valence-corrected chi connectivity index (χ2v) is 4.07. The van der Waals surface area contributed by atoms with Crippen LogP contribution in [-0.2, 0) is 13.2 Å². The molecule has 0 radical (unpaired) electrons. The smallest absolute Gasteiger partial charge is 0.119 e. The molecular formula is C15H17NO. The molecule has 0 atom stereocenters. The minimum Gasteiger partial charge on any atom is -0.489 e. The number of benzene rings is 2. The predicted molar refractivity (Wildman–Crippen MR) is 69.8 cm³/mol. The van der Waals surface area contributed by atoms with Gasteiger partial charge in [-0.25, -0.2) is 0 Å². The average molecular weight is 227 g/mol. The molecule has 0 bridgehead atoms. The predicted octanol–water partition coefficient (Wildman–Crippen LogP) is 3.03. The fraction of sp³-hybridized carbons (Fsp3) is 0.200. The summed E-state index contributed by atoms with van der Waals surface area (Å²) in [6.45, 7) is 3.27. The summed E-state index contributed by atoms with van der Waals surface area (Å²) in [7, 11) is 0. The van der Waals surface area contributed by atoms with Gasteiger partial charge in [-0.15, -0.1) is 0 Å². The van der Waals surface area contributed by atoms with Crippen LogP contribution in [0.2, 0.25) is 0 Å². The maximum absolute atomic E-state index is 5.72. The second kappa shape index (κ2) is 5.51. The van der Waals surface area contributed by atoms with Crippen LogP contribution >= 0.6 is 0 Å². The molecule has 0 amide bonds. The van der Waals surface area contributed by atoms with Gasteiger partial charge in [0.2, 0.25) is 0 Å². The van der Waals surface area contributed by atoms with Crippen LogP contribution < -0.4 is 10.5 Å². The largest absolute Gasteiger partial charge is 0.489 e. The number of aryl methyl sites for hydroxylation is 1. The molecular weight excluding hydrogens is 210 g/mol. The van der Waals surface area contributed by atoms with E-state index in [4.69, 9.17) is 10.5 Å². The van der Waals surface area contributed by atoms with Crippen molar-refractivity contribution >= 4 is 0 Å². The maximum atomic E-state index is 5.72. The number of hydrogen-bond acceptors (Lipinski definition) is 2. The number of para-hydroxylation sites is 1. The van der Waals surface area contributed by atoms with Crippen LogP contribution in [0.5, 0.6) is 5.75 Å². The first kappa shape index (κ1) is 11.7. The van der Waals surface area contributed by atoms with Crippen LogP contribution in [0.25, 0.3) is 0 Å². The third-order valence-electron chi connectivity index (χ3n) is 2.78. The van der Waals surface area contributed by atoms with E-state index in [0.717, 1.165) is 11.3 Å². The third kappa shape index (κ3) is 3.08. The van der Waals surface area contributed by atoms with Crippen molar-refractivity contribution in [3.63, 3.8) is 0 Å². The van der Waals surface area contributed by atoms with Crippen molar-refractivity contribution in [3.05, 3.63) is 65.2 Å². The lowest BCUT2D eigenvalue weighted by molar-refractivity contribution is 0.305. The van der Waals surface area contributed by atoms with Crippen molar-refractivity contribution in [2.24, 2.45) is 5.73 Å². The van der Waals surface area contributed by atoms with Crippen LogP contribution in [0, 0.1) is 6.92 Å². The molecule has 0 aromatic heterocycles. The molecule has 0 spiro atoms. The van der Waals surface area contributed by atoms with Gasteiger partial charge in [-0.2, -0.15) is 0 Å². The van der Waals surface area contributed by atoms with E-state index in [-0.39, 0.29) is 0 Å². The highest BCUT2D eigenvalue weighted by Gasteiger charge is 2.00. The second-order valence-electron chi connectivity index (χ2n) is 4.07. The zero-order chi connectivity index (χ0) is 12.1. The summed E-state index contributed by atoms with van der Waals surface area (Å²) in [4.78, 5) is 0. The molecule has 2 nitrogen and oxygen atoms in total. The molecule has 0 aliphatic carbocycles. The molecule has 0 saturated carbocycles. The highest BCUT2D eigenvalue weighted by Crippen LogP contribution is 2.15. The molecule has 2 rings (SSSR count). The fourth-order valence-corrected chi connectivity index (χ4v) is 1.72. The van der Waals surface area contributed by atoms with Gasteiger partial charge in [-0.05, 0) is 35.7 Å². The van der Waals surface area contributed by atoms with Gasteiger partial charge in [0, 0.05) is 6.54 Å². The minimum absolute atomic E-state index is 0.584. The molecule has 88 valence electrons. The van der Waals surface area contributed by atoms with Gasteiger partial charge >= 0.3 is 0 Å². The summed E-state index contributed by atoms with van der Waals surface area (Å²) >= 11 is 0. The summed E-state index contributed by atoms with van der Waals surface area (Å²) in [5, 5.41) is 0. The molecule has 0 aliphatic heterocycles. The van der Waals surface area contributed by atoms with Crippen molar-refractivity contribution in [3.8, 4) is 5.75 Å². The van der Waals surface area contributed by atoms with E-state index in [9.17, 15) is 0 Å². The number of hydrogen-bond donors (Lipinski definition) is 1. The van der Waals surface area contributed by atoms with Gasteiger partial charge in [-0.1, -0.05) is 36.4 Å². The highest BCUT2D eigenvalue weighted by atomic mass is 16.5. The van der Waals surface area contributed by atoms with E-state index in [1.807, 2.05) is 30.3 Å². The van der Waals surface area contributed by atoms with Crippen LogP contribution in [0.15, 0.2) is 48.5 Å². The maximum Gasteiger partial charge on any atom is 0.119 e. The first-order valence-corrected chi connectivity index (χ1v) is 5.76. The Kier molecular flexibility index (Phi) is 3.78. The van der Waals surface area contributed by atoms with Crippen molar-refractivity contribution in [2.45, 2.75) is 20.1 Å². The van der Waals surface area contributed by atoms with Crippen LogP contribution in [-0.4, -0.2) is 0 Å². The number of ether oxygens (including phenoxy) is 1. The monoisotopic (exact) mass is 227 g/mol. The molecule has 0 heterocycles. The Morgan fingerprint density at radius 3 is 2.47 bits per heavy atom. The quantitative estimate of drug-likeness (QED) is 0.871. The Bertz CT molecular complexity index is 480. The molecule has 2 heteroatoms. The van der Waals surface area contributed by atoms with E-state index in [1.54, 1.807) is 0 Å². The van der Waals surface area contributed by atoms with Crippen molar-refractivity contribution < 1.29 is 4.74 Å². The summed E-state index contributed by atoms with van der Waals surface area (Å²) in [6, 6.07) is 16.1. The number of nitrogens with two attached hydrogens (primary N) is 1. The van der Waals surface area contributed by atoms with E-state index < -0.39 is 0 Å². The summed E-state index contributed by atoms with van der Waals surface area (Å²) in [5.41, 5.74) is 9.19. The normalized spacial score (nSPS) is 10.2. The van der Waals surface area contributed by atoms with Gasteiger partial charge < -0.3 is 10.5 Å². The topological polar surface area (TPSA) is 35.2 Å². The first-order valence-electron chi connectivity index (χ1n) is 5.76. The first-order chi connectivity index (χ1) is 8.29. The van der Waals surface area contributed by atoms with Gasteiger partial charge in [0.05, 0.1) is 0 Å². The molecule has 0 unspecified atom stereocenters. The van der Waals surface area contributed by atoms with Crippen LogP contribution in [0.1, 0.15) is 16.7 Å². The van der Waals surface area contributed by atoms with E-state index in [2.05, 4.69) is 25.1 Å². The van der Waals surface area contributed by atoms with Gasteiger partial charge in [-0.3, -0.25) is 0 Å². The summed E-state index contributed by atoms with van der Waals surface area (Å²) in [6.07, 6.45) is 0. The van der Waals surface area contributed by atoms with E-state index in [0.29, 0.717) is 13.2 Å². The Morgan fingerprint density at radius 1 is 1.06 bits per heavy atom. The zero-order valence-electron chi connectivity index (χ0n) is 10.0. The Labute approximate surface area is 102 Å². The molecule has 0 saturated heterocycles. The number of rotatable bonds is 4. The molecule has 2 N–H and O–H groups in total. The van der Waals surface area contributed by atoms with Crippen LogP contribution in [0.4, 0.5) is 0 Å². The SMILES string of the molecule is Cc1cc(CN)ccc1COc1ccccc1. The fourth-order valence-electron chi connectivity index (χ4n) is 1.72. The average Bonchev–Trinajstić information content (AvgIpc) is 2.38.